The second kappa shape index (κ2) is 8.73. The normalized spacial score (nSPS) is 14.2. The number of pyridine rings is 1. The van der Waals surface area contributed by atoms with E-state index in [2.05, 4.69) is 4.98 Å². The average molecular weight is 460 g/mol. The molecule has 9 heteroatoms. The molecule has 5 nitrogen and oxygen atoms in total. The number of rotatable bonds is 6. The van der Waals surface area contributed by atoms with E-state index in [0.29, 0.717) is 17.0 Å². The van der Waals surface area contributed by atoms with Crippen molar-refractivity contribution in [2.45, 2.75) is 25.7 Å². The van der Waals surface area contributed by atoms with Crippen LogP contribution in [0.25, 0.3) is 0 Å². The van der Waals surface area contributed by atoms with E-state index in [-0.39, 0.29) is 30.2 Å². The predicted molar refractivity (Wildman–Crippen MR) is 111 cm³/mol. The molecule has 1 amide bonds. The van der Waals surface area contributed by atoms with Gasteiger partial charge in [0, 0.05) is 35.5 Å². The van der Waals surface area contributed by atoms with Gasteiger partial charge in [-0.2, -0.15) is 13.2 Å². The lowest BCUT2D eigenvalue weighted by molar-refractivity contribution is -0.137. The Bertz CT molecular complexity index is 1200. The largest absolute Gasteiger partial charge is 0.497 e. The lowest BCUT2D eigenvalue weighted by Gasteiger charge is -2.28. The lowest BCUT2D eigenvalue weighted by Crippen LogP contribution is -2.33. The van der Waals surface area contributed by atoms with Crippen molar-refractivity contribution < 1.29 is 31.8 Å². The number of halogens is 4. The quantitative estimate of drug-likeness (QED) is 0.467. The van der Waals surface area contributed by atoms with Gasteiger partial charge < -0.3 is 14.4 Å². The Morgan fingerprint density at radius 2 is 1.91 bits per heavy atom. The summed E-state index contributed by atoms with van der Waals surface area (Å²) in [6.07, 6.45) is -4.58. The Hall–Kier alpha value is -3.62. The molecule has 0 saturated carbocycles. The summed E-state index contributed by atoms with van der Waals surface area (Å²) in [4.78, 5) is 18.7. The van der Waals surface area contributed by atoms with Crippen molar-refractivity contribution in [2.24, 2.45) is 0 Å². The van der Waals surface area contributed by atoms with Crippen molar-refractivity contribution in [3.63, 3.8) is 0 Å². The molecule has 33 heavy (non-hydrogen) atoms. The molecule has 0 radical (unpaired) electrons. The van der Waals surface area contributed by atoms with Gasteiger partial charge in [-0.05, 0) is 36.8 Å². The number of methoxy groups -OCH3 is 1. The van der Waals surface area contributed by atoms with Crippen LogP contribution in [0.5, 0.6) is 11.6 Å². The molecule has 1 aromatic heterocycles. The fourth-order valence-corrected chi connectivity index (χ4v) is 3.77. The number of carbonyl (C=O) groups excluding carboxylic acids is 1. The first-order valence-corrected chi connectivity index (χ1v) is 10.1. The summed E-state index contributed by atoms with van der Waals surface area (Å²) in [6, 6.07) is 11.5. The fourth-order valence-electron chi connectivity index (χ4n) is 3.77. The number of amides is 1. The summed E-state index contributed by atoms with van der Waals surface area (Å²) in [5.41, 5.74) is 0.325. The zero-order valence-corrected chi connectivity index (χ0v) is 17.8. The number of nitrogens with zero attached hydrogens (tertiary/aromatic N) is 2. The number of hydrogen-bond donors (Lipinski definition) is 0. The van der Waals surface area contributed by atoms with Crippen LogP contribution in [0, 0.1) is 12.7 Å². The van der Waals surface area contributed by atoms with E-state index in [1.165, 1.54) is 30.2 Å². The second-order valence-corrected chi connectivity index (χ2v) is 7.63. The predicted octanol–water partition coefficient (Wildman–Crippen LogP) is 5.33. The molecule has 4 rings (SSSR count). The van der Waals surface area contributed by atoms with E-state index in [0.717, 1.165) is 12.1 Å². The molecule has 0 aliphatic carbocycles. The Kier molecular flexibility index (Phi) is 5.97. The van der Waals surface area contributed by atoms with Crippen molar-refractivity contribution in [3.8, 4) is 11.6 Å². The van der Waals surface area contributed by atoms with Crippen molar-refractivity contribution in [1.29, 1.82) is 0 Å². The number of alkyl halides is 3. The minimum Gasteiger partial charge on any atom is -0.497 e. The molecule has 172 valence electrons. The highest BCUT2D eigenvalue weighted by molar-refractivity contribution is 5.98. The molecule has 0 spiro atoms. The fraction of sp³-hybridized carbons (Fsp3) is 0.250. The van der Waals surface area contributed by atoms with E-state index in [4.69, 9.17) is 9.47 Å². The van der Waals surface area contributed by atoms with Crippen LogP contribution in [-0.2, 0) is 12.7 Å². The van der Waals surface area contributed by atoms with Crippen molar-refractivity contribution >= 4 is 5.91 Å². The maximum absolute atomic E-state index is 15.0. The summed E-state index contributed by atoms with van der Waals surface area (Å²) in [5, 5.41) is 0. The highest BCUT2D eigenvalue weighted by Crippen LogP contribution is 2.37. The zero-order valence-electron chi connectivity index (χ0n) is 17.8. The van der Waals surface area contributed by atoms with Crippen LogP contribution in [0.15, 0.2) is 54.6 Å². The van der Waals surface area contributed by atoms with E-state index in [1.54, 1.807) is 31.2 Å². The van der Waals surface area contributed by atoms with E-state index in [1.807, 2.05) is 0 Å². The van der Waals surface area contributed by atoms with Crippen LogP contribution in [0.1, 0.15) is 38.8 Å². The van der Waals surface area contributed by atoms with Crippen molar-refractivity contribution in [3.05, 3.63) is 88.4 Å². The van der Waals surface area contributed by atoms with Crippen LogP contribution >= 0.6 is 0 Å². The SMILES string of the molecule is COc1ccc(C(COc2cccc(C)n2)N2Cc3ccc(C(F)(F)F)cc3C2=O)c(F)c1. The van der Waals surface area contributed by atoms with Crippen LogP contribution in [0.4, 0.5) is 17.6 Å². The van der Waals surface area contributed by atoms with Gasteiger partial charge in [0.25, 0.3) is 5.91 Å². The Balaban J connectivity index is 1.69. The molecule has 0 fully saturated rings. The van der Waals surface area contributed by atoms with Gasteiger partial charge in [0.15, 0.2) is 0 Å². The molecule has 2 aromatic carbocycles. The average Bonchev–Trinajstić information content (AvgIpc) is 3.10. The van der Waals surface area contributed by atoms with Gasteiger partial charge >= 0.3 is 6.18 Å². The van der Waals surface area contributed by atoms with Crippen LogP contribution in [0.2, 0.25) is 0 Å². The molecular formula is C24H20F4N2O3. The van der Waals surface area contributed by atoms with E-state index >= 15 is 0 Å². The maximum atomic E-state index is 15.0. The van der Waals surface area contributed by atoms with Gasteiger partial charge in [-0.3, -0.25) is 4.79 Å². The van der Waals surface area contributed by atoms with Crippen LogP contribution in [-0.4, -0.2) is 29.5 Å². The molecule has 2 heterocycles. The number of aryl methyl sites for hydroxylation is 1. The third-order valence-electron chi connectivity index (χ3n) is 5.46. The molecule has 1 atom stereocenters. The minimum absolute atomic E-state index is 0.0209. The Labute approximate surface area is 187 Å². The minimum atomic E-state index is -4.58. The van der Waals surface area contributed by atoms with Gasteiger partial charge in [0.2, 0.25) is 5.88 Å². The van der Waals surface area contributed by atoms with Gasteiger partial charge in [-0.25, -0.2) is 9.37 Å². The molecule has 1 aliphatic heterocycles. The Morgan fingerprint density at radius 3 is 2.58 bits per heavy atom. The number of ether oxygens (including phenoxy) is 2. The lowest BCUT2D eigenvalue weighted by atomic mass is 10.0. The molecule has 1 aliphatic rings. The first kappa shape index (κ1) is 22.6. The molecular weight excluding hydrogens is 440 g/mol. The summed E-state index contributed by atoms with van der Waals surface area (Å²) < 4.78 is 65.3. The van der Waals surface area contributed by atoms with Crippen molar-refractivity contribution in [2.75, 3.05) is 13.7 Å². The first-order valence-electron chi connectivity index (χ1n) is 10.1. The highest BCUT2D eigenvalue weighted by Gasteiger charge is 2.38. The van der Waals surface area contributed by atoms with Gasteiger partial charge in [0.1, 0.15) is 18.2 Å². The summed E-state index contributed by atoms with van der Waals surface area (Å²) in [6.45, 7) is 1.66. The van der Waals surface area contributed by atoms with Crippen LogP contribution in [0.3, 0.4) is 0 Å². The number of hydrogen-bond acceptors (Lipinski definition) is 4. The summed E-state index contributed by atoms with van der Waals surface area (Å²) in [7, 11) is 1.40. The summed E-state index contributed by atoms with van der Waals surface area (Å²) in [5.74, 6) is -0.670. The number of benzene rings is 2. The monoisotopic (exact) mass is 460 g/mol. The number of fused-ring (bicyclic) bond motifs is 1. The first-order chi connectivity index (χ1) is 15.7. The molecule has 0 N–H and O–H groups in total. The van der Waals surface area contributed by atoms with E-state index < -0.39 is 29.5 Å². The summed E-state index contributed by atoms with van der Waals surface area (Å²) >= 11 is 0. The van der Waals surface area contributed by atoms with Crippen LogP contribution < -0.4 is 9.47 Å². The molecule has 0 bridgehead atoms. The van der Waals surface area contributed by atoms with E-state index in [9.17, 15) is 22.4 Å². The standard InChI is InChI=1S/C24H20F4N2O3/c1-14-4-3-5-22(29-14)33-13-21(18-9-8-17(32-2)11-20(18)25)30-12-15-6-7-16(24(26,27)28)10-19(15)23(30)31/h3-11,21H,12-13H2,1-2H3. The molecule has 1 unspecified atom stereocenters. The smallest absolute Gasteiger partial charge is 0.416 e. The van der Waals surface area contributed by atoms with Gasteiger partial charge in [-0.15, -0.1) is 0 Å². The number of carbonyl (C=O) groups is 1. The third kappa shape index (κ3) is 4.62. The third-order valence-corrected chi connectivity index (χ3v) is 5.46. The van der Waals surface area contributed by atoms with Crippen molar-refractivity contribution in [1.82, 2.24) is 9.88 Å². The topological polar surface area (TPSA) is 51.7 Å². The highest BCUT2D eigenvalue weighted by atomic mass is 19.4. The second-order valence-electron chi connectivity index (χ2n) is 7.63. The van der Waals surface area contributed by atoms with Gasteiger partial charge in [0.05, 0.1) is 18.7 Å². The van der Waals surface area contributed by atoms with Gasteiger partial charge in [-0.1, -0.05) is 18.2 Å². The molecule has 3 aromatic rings. The molecule has 0 saturated heterocycles. The zero-order chi connectivity index (χ0) is 23.8. The number of aromatic nitrogens is 1. The Morgan fingerprint density at radius 1 is 1.12 bits per heavy atom. The maximum Gasteiger partial charge on any atom is 0.416 e.